The van der Waals surface area contributed by atoms with Gasteiger partial charge in [-0.1, -0.05) is 0 Å². The minimum absolute atomic E-state index is 0.0124. The molecule has 3 aromatic heterocycles. The molecule has 1 fully saturated rings. The molecule has 2 aliphatic rings. The van der Waals surface area contributed by atoms with E-state index in [1.165, 1.54) is 0 Å². The number of H-pyrrole nitrogens is 2. The number of amides is 1. The summed E-state index contributed by atoms with van der Waals surface area (Å²) in [6.45, 7) is 1.91. The zero-order chi connectivity index (χ0) is 20.2. The van der Waals surface area contributed by atoms with Crippen LogP contribution in [0.2, 0.25) is 0 Å². The van der Waals surface area contributed by atoms with Crippen molar-refractivity contribution < 1.29 is 4.79 Å². The van der Waals surface area contributed by atoms with E-state index >= 15 is 0 Å². The molecule has 0 spiro atoms. The molecular weight excluding hydrogens is 380 g/mol. The number of nitrogens with one attached hydrogen (secondary N) is 2. The van der Waals surface area contributed by atoms with Crippen molar-refractivity contribution in [1.29, 1.82) is 0 Å². The number of rotatable bonds is 2. The number of likely N-dealkylation sites (tertiary alicyclic amines) is 1. The van der Waals surface area contributed by atoms with Gasteiger partial charge in [0.2, 0.25) is 0 Å². The van der Waals surface area contributed by atoms with E-state index in [0.717, 1.165) is 23.1 Å². The second kappa shape index (κ2) is 6.41. The normalized spacial score (nSPS) is 20.3. The molecule has 5 heterocycles. The van der Waals surface area contributed by atoms with Gasteiger partial charge in [-0.15, -0.1) is 0 Å². The van der Waals surface area contributed by atoms with Gasteiger partial charge in [0, 0.05) is 49.2 Å². The Balaban J connectivity index is 1.32. The standard InChI is InChI=1S/C22H20N6O2/c29-21(14-1-3-17-18(8-14)26-12-25-17)27-9-13-7-15(11-27)19-4-2-16(20-23-5-6-24-20)22(30)28(19)10-13/h1-6,8,12-13,15H,7,9-11H2,(H,23,24)(H,25,26)/t13-,15+/m0/s1. The van der Waals surface area contributed by atoms with Crippen LogP contribution in [0.1, 0.15) is 28.4 Å². The van der Waals surface area contributed by atoms with Crippen molar-refractivity contribution in [3.05, 3.63) is 70.7 Å². The second-order valence-corrected chi connectivity index (χ2v) is 8.17. The van der Waals surface area contributed by atoms with E-state index in [2.05, 4.69) is 19.9 Å². The maximum atomic E-state index is 13.2. The van der Waals surface area contributed by atoms with Crippen LogP contribution in [0.15, 0.2) is 53.8 Å². The summed E-state index contributed by atoms with van der Waals surface area (Å²) in [5, 5.41) is 0. The highest BCUT2D eigenvalue weighted by Gasteiger charge is 2.37. The summed E-state index contributed by atoms with van der Waals surface area (Å²) in [7, 11) is 0. The van der Waals surface area contributed by atoms with Gasteiger partial charge in [-0.2, -0.15) is 0 Å². The molecule has 150 valence electrons. The zero-order valence-electron chi connectivity index (χ0n) is 16.2. The lowest BCUT2D eigenvalue weighted by Crippen LogP contribution is -2.49. The highest BCUT2D eigenvalue weighted by atomic mass is 16.2. The van der Waals surface area contributed by atoms with E-state index in [4.69, 9.17) is 0 Å². The Bertz CT molecular complexity index is 1320. The Morgan fingerprint density at radius 1 is 1.07 bits per heavy atom. The molecule has 6 rings (SSSR count). The smallest absolute Gasteiger partial charge is 0.261 e. The van der Waals surface area contributed by atoms with Crippen LogP contribution in [0.3, 0.4) is 0 Å². The highest BCUT2D eigenvalue weighted by molar-refractivity contribution is 5.97. The second-order valence-electron chi connectivity index (χ2n) is 8.17. The zero-order valence-corrected chi connectivity index (χ0v) is 16.2. The van der Waals surface area contributed by atoms with Gasteiger partial charge in [-0.25, -0.2) is 9.97 Å². The Morgan fingerprint density at radius 3 is 2.87 bits per heavy atom. The number of nitrogens with zero attached hydrogens (tertiary/aromatic N) is 4. The first-order valence-electron chi connectivity index (χ1n) is 10.1. The van der Waals surface area contributed by atoms with E-state index in [0.29, 0.717) is 36.6 Å². The summed E-state index contributed by atoms with van der Waals surface area (Å²) in [4.78, 5) is 42.8. The van der Waals surface area contributed by atoms with Crippen LogP contribution in [0, 0.1) is 5.92 Å². The first kappa shape index (κ1) is 17.2. The summed E-state index contributed by atoms with van der Waals surface area (Å²) in [6.07, 6.45) is 6.01. The SMILES string of the molecule is O=C(c1ccc2nc[nH]c2c1)N1C[C@@H]2C[C@H](C1)c1ccc(-c3ncc[nH]3)c(=O)n1C2. The number of hydrogen-bond acceptors (Lipinski definition) is 4. The van der Waals surface area contributed by atoms with Crippen molar-refractivity contribution in [2.24, 2.45) is 5.92 Å². The van der Waals surface area contributed by atoms with Gasteiger partial charge in [-0.05, 0) is 42.7 Å². The lowest BCUT2D eigenvalue weighted by Gasteiger charge is -2.43. The Hall–Kier alpha value is -3.68. The number of imidazole rings is 2. The first-order valence-corrected chi connectivity index (χ1v) is 10.1. The third kappa shape index (κ3) is 2.60. The molecule has 1 aromatic carbocycles. The summed E-state index contributed by atoms with van der Waals surface area (Å²) < 4.78 is 1.88. The van der Waals surface area contributed by atoms with Gasteiger partial charge in [0.1, 0.15) is 5.82 Å². The summed E-state index contributed by atoms with van der Waals surface area (Å²) in [6, 6.07) is 9.44. The third-order valence-corrected chi connectivity index (χ3v) is 6.31. The van der Waals surface area contributed by atoms with Crippen molar-refractivity contribution in [2.45, 2.75) is 18.9 Å². The molecule has 2 atom stereocenters. The molecule has 8 nitrogen and oxygen atoms in total. The number of benzene rings is 1. The fourth-order valence-corrected chi connectivity index (χ4v) is 4.96. The molecular formula is C22H20N6O2. The molecule has 0 unspecified atom stereocenters. The number of pyridine rings is 1. The van der Waals surface area contributed by atoms with Gasteiger partial charge in [0.15, 0.2) is 0 Å². The molecule has 1 amide bonds. The highest BCUT2D eigenvalue weighted by Crippen LogP contribution is 2.36. The summed E-state index contributed by atoms with van der Waals surface area (Å²) in [5.74, 6) is 1.05. The van der Waals surface area contributed by atoms with E-state index in [1.807, 2.05) is 39.8 Å². The minimum atomic E-state index is -0.0124. The molecule has 2 aliphatic heterocycles. The minimum Gasteiger partial charge on any atom is -0.345 e. The van der Waals surface area contributed by atoms with Gasteiger partial charge in [-0.3, -0.25) is 9.59 Å². The monoisotopic (exact) mass is 400 g/mol. The van der Waals surface area contributed by atoms with Crippen LogP contribution >= 0.6 is 0 Å². The maximum Gasteiger partial charge on any atom is 0.261 e. The van der Waals surface area contributed by atoms with Gasteiger partial charge < -0.3 is 19.4 Å². The number of aromatic nitrogens is 5. The number of piperidine rings is 1. The predicted octanol–water partition coefficient (Wildman–Crippen LogP) is 2.37. The largest absolute Gasteiger partial charge is 0.345 e. The molecule has 1 saturated heterocycles. The van der Waals surface area contributed by atoms with Crippen molar-refractivity contribution in [3.8, 4) is 11.4 Å². The molecule has 30 heavy (non-hydrogen) atoms. The number of aromatic amines is 2. The quantitative estimate of drug-likeness (QED) is 0.540. The predicted molar refractivity (Wildman–Crippen MR) is 111 cm³/mol. The number of hydrogen-bond donors (Lipinski definition) is 2. The van der Waals surface area contributed by atoms with E-state index in [1.54, 1.807) is 18.7 Å². The third-order valence-electron chi connectivity index (χ3n) is 6.31. The lowest BCUT2D eigenvalue weighted by atomic mass is 9.82. The molecule has 4 aromatic rings. The van der Waals surface area contributed by atoms with Crippen molar-refractivity contribution in [1.82, 2.24) is 29.4 Å². The van der Waals surface area contributed by atoms with Crippen LogP contribution in [0.5, 0.6) is 0 Å². The summed E-state index contributed by atoms with van der Waals surface area (Å²) >= 11 is 0. The molecule has 2 N–H and O–H groups in total. The van der Waals surface area contributed by atoms with Gasteiger partial charge >= 0.3 is 0 Å². The number of fused-ring (bicyclic) bond motifs is 5. The van der Waals surface area contributed by atoms with Gasteiger partial charge in [0.05, 0.1) is 22.9 Å². The molecule has 0 saturated carbocycles. The Morgan fingerprint density at radius 2 is 2.00 bits per heavy atom. The fraction of sp³-hybridized carbons (Fsp3) is 0.273. The first-order chi connectivity index (χ1) is 14.7. The average molecular weight is 400 g/mol. The Kier molecular flexibility index (Phi) is 3.68. The fourth-order valence-electron chi connectivity index (χ4n) is 4.96. The van der Waals surface area contributed by atoms with Crippen LogP contribution in [-0.2, 0) is 6.54 Å². The van der Waals surface area contributed by atoms with E-state index in [-0.39, 0.29) is 23.3 Å². The molecule has 2 bridgehead atoms. The van der Waals surface area contributed by atoms with Crippen molar-refractivity contribution in [2.75, 3.05) is 13.1 Å². The Labute approximate surface area is 171 Å². The van der Waals surface area contributed by atoms with Crippen LogP contribution < -0.4 is 5.56 Å². The van der Waals surface area contributed by atoms with Crippen LogP contribution in [0.4, 0.5) is 0 Å². The van der Waals surface area contributed by atoms with Gasteiger partial charge in [0.25, 0.3) is 11.5 Å². The molecule has 0 aliphatic carbocycles. The topological polar surface area (TPSA) is 99.7 Å². The van der Waals surface area contributed by atoms with Crippen LogP contribution in [-0.4, -0.2) is 48.4 Å². The maximum absolute atomic E-state index is 13.2. The molecule has 0 radical (unpaired) electrons. The van der Waals surface area contributed by atoms with E-state index < -0.39 is 0 Å². The number of carbonyl (C=O) groups is 1. The average Bonchev–Trinajstić information content (AvgIpc) is 3.45. The number of carbonyl (C=O) groups excluding carboxylic acids is 1. The summed E-state index contributed by atoms with van der Waals surface area (Å²) in [5.41, 5.74) is 3.96. The van der Waals surface area contributed by atoms with Crippen LogP contribution in [0.25, 0.3) is 22.4 Å². The van der Waals surface area contributed by atoms with E-state index in [9.17, 15) is 9.59 Å². The van der Waals surface area contributed by atoms with Crippen molar-refractivity contribution in [3.63, 3.8) is 0 Å². The van der Waals surface area contributed by atoms with Crippen molar-refractivity contribution >= 4 is 16.9 Å². The molecule has 8 heteroatoms. The lowest BCUT2D eigenvalue weighted by molar-refractivity contribution is 0.0595.